The molecule has 1 aliphatic rings. The Bertz CT molecular complexity index is 1450. The van der Waals surface area contributed by atoms with Gasteiger partial charge in [0.05, 0.1) is 18.5 Å². The molecule has 0 bridgehead atoms. The molecule has 0 saturated heterocycles. The number of methoxy groups -OCH3 is 1. The highest BCUT2D eigenvalue weighted by Crippen LogP contribution is 2.33. The Morgan fingerprint density at radius 2 is 2.05 bits per heavy atom. The number of aromatic nitrogens is 3. The van der Waals surface area contributed by atoms with Crippen LogP contribution in [-0.4, -0.2) is 70.0 Å². The summed E-state index contributed by atoms with van der Waals surface area (Å²) in [6, 6.07) is 13.5. The van der Waals surface area contributed by atoms with Crippen molar-refractivity contribution in [1.82, 2.24) is 19.3 Å². The molecule has 2 N–H and O–H groups in total. The molecule has 1 aliphatic carbocycles. The molecule has 0 fully saturated rings. The van der Waals surface area contributed by atoms with E-state index >= 15 is 0 Å². The summed E-state index contributed by atoms with van der Waals surface area (Å²) in [5, 5.41) is 16.2. The molecule has 5 rings (SSSR count). The van der Waals surface area contributed by atoms with Crippen molar-refractivity contribution in [1.29, 1.82) is 0 Å². The number of anilines is 2. The van der Waals surface area contributed by atoms with Crippen LogP contribution in [0.5, 0.6) is 5.75 Å². The van der Waals surface area contributed by atoms with Crippen LogP contribution < -0.4 is 10.1 Å². The molecule has 0 radical (unpaired) electrons. The molecular formula is C27H28N6O4. The maximum atomic E-state index is 12.2. The van der Waals surface area contributed by atoms with Crippen molar-refractivity contribution in [2.24, 2.45) is 5.16 Å². The summed E-state index contributed by atoms with van der Waals surface area (Å²) >= 11 is 0. The van der Waals surface area contributed by atoms with Gasteiger partial charge in [-0.1, -0.05) is 11.2 Å². The molecule has 0 unspecified atom stereocenters. The number of oxime groups is 1. The van der Waals surface area contributed by atoms with E-state index < -0.39 is 0 Å². The van der Waals surface area contributed by atoms with Gasteiger partial charge in [0.25, 0.3) is 5.91 Å². The minimum atomic E-state index is -0.118. The van der Waals surface area contributed by atoms with E-state index in [1.54, 1.807) is 31.5 Å². The maximum Gasteiger partial charge on any atom is 0.260 e. The summed E-state index contributed by atoms with van der Waals surface area (Å²) in [6.45, 7) is 0.940. The summed E-state index contributed by atoms with van der Waals surface area (Å²) in [5.41, 5.74) is 6.10. The lowest BCUT2D eigenvalue weighted by atomic mass is 10.1. The van der Waals surface area contributed by atoms with Gasteiger partial charge in [-0.15, -0.1) is 0 Å². The fourth-order valence-corrected chi connectivity index (χ4v) is 4.33. The van der Waals surface area contributed by atoms with E-state index in [1.165, 1.54) is 0 Å². The lowest BCUT2D eigenvalue weighted by Gasteiger charge is -2.16. The third-order valence-electron chi connectivity index (χ3n) is 6.41. The molecule has 2 heterocycles. The van der Waals surface area contributed by atoms with E-state index in [4.69, 9.17) is 14.5 Å². The van der Waals surface area contributed by atoms with Crippen LogP contribution in [0.3, 0.4) is 0 Å². The predicted octanol–water partition coefficient (Wildman–Crippen LogP) is 3.75. The third kappa shape index (κ3) is 5.10. The summed E-state index contributed by atoms with van der Waals surface area (Å²) in [4.78, 5) is 22.8. The van der Waals surface area contributed by atoms with E-state index in [2.05, 4.69) is 21.5 Å². The molecule has 0 atom stereocenters. The van der Waals surface area contributed by atoms with Gasteiger partial charge in [0.15, 0.2) is 12.3 Å². The first kappa shape index (κ1) is 24.3. The number of rotatable bonds is 9. The van der Waals surface area contributed by atoms with Crippen LogP contribution in [0.25, 0.3) is 16.9 Å². The van der Waals surface area contributed by atoms with Gasteiger partial charge < -0.3 is 24.9 Å². The normalized spacial score (nSPS) is 13.6. The lowest BCUT2D eigenvalue weighted by Crippen LogP contribution is -2.33. The molecule has 0 spiro atoms. The molecule has 4 aromatic rings. The number of nitrogens with one attached hydrogen (secondary N) is 1. The number of nitrogens with zero attached hydrogens (tertiary/aromatic N) is 5. The first-order chi connectivity index (χ1) is 18.1. The van der Waals surface area contributed by atoms with Crippen LogP contribution in [0, 0.1) is 0 Å². The Balaban J connectivity index is 1.37. The summed E-state index contributed by atoms with van der Waals surface area (Å²) in [7, 11) is 3.33. The minimum Gasteiger partial charge on any atom is -0.484 e. The maximum absolute atomic E-state index is 12.2. The van der Waals surface area contributed by atoms with Gasteiger partial charge in [0.1, 0.15) is 17.3 Å². The van der Waals surface area contributed by atoms with E-state index in [-0.39, 0.29) is 12.5 Å². The largest absolute Gasteiger partial charge is 0.484 e. The van der Waals surface area contributed by atoms with E-state index in [0.717, 1.165) is 46.7 Å². The number of hydrogen-bond acceptors (Lipinski definition) is 8. The molecular weight excluding hydrogens is 472 g/mol. The van der Waals surface area contributed by atoms with Crippen LogP contribution in [-0.2, 0) is 16.0 Å². The Labute approximate surface area is 214 Å². The molecule has 1 amide bonds. The average molecular weight is 501 g/mol. The molecule has 37 heavy (non-hydrogen) atoms. The molecule has 2 aromatic heterocycles. The van der Waals surface area contributed by atoms with Crippen LogP contribution >= 0.6 is 0 Å². The Hall–Kier alpha value is -4.44. The number of fused-ring (bicyclic) bond motifs is 2. The van der Waals surface area contributed by atoms with Gasteiger partial charge >= 0.3 is 0 Å². The number of carbonyl (C=O) groups excluding carboxylic acids is 1. The van der Waals surface area contributed by atoms with Gasteiger partial charge in [-0.05, 0) is 54.8 Å². The topological polar surface area (TPSA) is 114 Å². The third-order valence-corrected chi connectivity index (χ3v) is 6.41. The van der Waals surface area contributed by atoms with Crippen LogP contribution in [0.1, 0.15) is 17.5 Å². The fourth-order valence-electron chi connectivity index (χ4n) is 4.33. The van der Waals surface area contributed by atoms with Crippen molar-refractivity contribution in [3.8, 4) is 17.0 Å². The highest BCUT2D eigenvalue weighted by atomic mass is 16.5. The van der Waals surface area contributed by atoms with E-state index in [1.807, 2.05) is 47.0 Å². The Morgan fingerprint density at radius 3 is 2.84 bits per heavy atom. The Morgan fingerprint density at radius 1 is 1.22 bits per heavy atom. The monoisotopic (exact) mass is 500 g/mol. The highest BCUT2D eigenvalue weighted by molar-refractivity contribution is 6.04. The summed E-state index contributed by atoms with van der Waals surface area (Å²) in [5.74, 6) is 1.28. The quantitative estimate of drug-likeness (QED) is 0.266. The van der Waals surface area contributed by atoms with Crippen molar-refractivity contribution in [2.45, 2.75) is 12.8 Å². The van der Waals surface area contributed by atoms with Gasteiger partial charge in [-0.3, -0.25) is 14.2 Å². The number of carbonyl (C=O) groups is 1. The fraction of sp³-hybridized carbons (Fsp3) is 0.259. The SMILES string of the molecule is COCCN(C)C(=O)COc1ccc(-c2nc3cnccn3c2Nc2ccc3c(c2)CC/C3=N\O)cc1. The van der Waals surface area contributed by atoms with Gasteiger partial charge in [0.2, 0.25) is 0 Å². The number of imidazole rings is 1. The number of aryl methyl sites for hydroxylation is 1. The average Bonchev–Trinajstić information content (AvgIpc) is 3.51. The van der Waals surface area contributed by atoms with Gasteiger partial charge in [-0.25, -0.2) is 4.98 Å². The van der Waals surface area contributed by atoms with Crippen LogP contribution in [0.4, 0.5) is 11.5 Å². The minimum absolute atomic E-state index is 0.0482. The second kappa shape index (κ2) is 10.7. The smallest absolute Gasteiger partial charge is 0.260 e. The molecule has 0 aliphatic heterocycles. The summed E-state index contributed by atoms with van der Waals surface area (Å²) in [6.07, 6.45) is 6.85. The zero-order valence-electron chi connectivity index (χ0n) is 20.7. The van der Waals surface area contributed by atoms with Crippen molar-refractivity contribution in [3.63, 3.8) is 0 Å². The molecule has 10 nitrogen and oxygen atoms in total. The van der Waals surface area contributed by atoms with Gasteiger partial charge in [0, 0.05) is 49.9 Å². The van der Waals surface area contributed by atoms with Crippen molar-refractivity contribution < 1.29 is 19.5 Å². The van der Waals surface area contributed by atoms with E-state index in [0.29, 0.717) is 30.3 Å². The number of hydrogen-bond donors (Lipinski definition) is 2. The van der Waals surface area contributed by atoms with Gasteiger partial charge in [-0.2, -0.15) is 0 Å². The zero-order chi connectivity index (χ0) is 25.8. The number of amides is 1. The second-order valence-electron chi connectivity index (χ2n) is 8.78. The number of benzene rings is 2. The Kier molecular flexibility index (Phi) is 7.00. The van der Waals surface area contributed by atoms with E-state index in [9.17, 15) is 10.0 Å². The van der Waals surface area contributed by atoms with Crippen molar-refractivity contribution in [3.05, 3.63) is 72.2 Å². The number of likely N-dealkylation sites (N-methyl/N-ethyl adjacent to an activating group) is 1. The molecule has 0 saturated carbocycles. The molecule has 2 aromatic carbocycles. The number of ether oxygens (including phenoxy) is 2. The molecule has 190 valence electrons. The van der Waals surface area contributed by atoms with Crippen molar-refractivity contribution >= 4 is 28.8 Å². The standard InChI is InChI=1S/C27H28N6O4/c1-32(13-14-36-2)25(34)17-37-21-7-3-18(4-8-21)26-27(33-12-11-28-16-24(33)30-26)29-20-6-9-22-19(15-20)5-10-23(22)31-35/h3-4,6-9,11-12,15-16,29,35H,5,10,13-14,17H2,1-2H3/b31-23+. The van der Waals surface area contributed by atoms with Crippen molar-refractivity contribution in [2.75, 3.05) is 39.2 Å². The first-order valence-corrected chi connectivity index (χ1v) is 12.0. The van der Waals surface area contributed by atoms with Crippen LogP contribution in [0.2, 0.25) is 0 Å². The highest BCUT2D eigenvalue weighted by Gasteiger charge is 2.20. The zero-order valence-corrected chi connectivity index (χ0v) is 20.7. The van der Waals surface area contributed by atoms with Crippen LogP contribution in [0.15, 0.2) is 66.2 Å². The lowest BCUT2D eigenvalue weighted by molar-refractivity contribution is -0.132. The molecule has 10 heteroatoms. The predicted molar refractivity (Wildman–Crippen MR) is 140 cm³/mol. The summed E-state index contributed by atoms with van der Waals surface area (Å²) < 4.78 is 12.7. The first-order valence-electron chi connectivity index (χ1n) is 12.0. The second-order valence-corrected chi connectivity index (χ2v) is 8.78.